The number of halogens is 2. The molecule has 21 heavy (non-hydrogen) atoms. The molecule has 0 amide bonds. The van der Waals surface area contributed by atoms with E-state index in [1.807, 2.05) is 0 Å². The van der Waals surface area contributed by atoms with Crippen LogP contribution in [0, 0.1) is 5.82 Å². The van der Waals surface area contributed by atoms with E-state index in [2.05, 4.69) is 0 Å². The highest BCUT2D eigenvalue weighted by Crippen LogP contribution is 2.30. The van der Waals surface area contributed by atoms with E-state index in [1.54, 1.807) is 24.3 Å². The molecule has 2 rings (SSSR count). The third-order valence-electron chi connectivity index (χ3n) is 3.22. The van der Waals surface area contributed by atoms with Crippen LogP contribution in [0.3, 0.4) is 0 Å². The predicted octanol–water partition coefficient (Wildman–Crippen LogP) is 3.77. The lowest BCUT2D eigenvalue weighted by molar-refractivity contribution is 0.176. The highest BCUT2D eigenvalue weighted by atomic mass is 35.5. The number of rotatable bonds is 5. The van der Waals surface area contributed by atoms with Gasteiger partial charge in [-0.1, -0.05) is 17.7 Å². The minimum Gasteiger partial charge on any atom is -0.497 e. The molecule has 0 aliphatic heterocycles. The van der Waals surface area contributed by atoms with E-state index in [0.29, 0.717) is 22.1 Å². The van der Waals surface area contributed by atoms with Gasteiger partial charge in [0.25, 0.3) is 0 Å². The van der Waals surface area contributed by atoms with Gasteiger partial charge in [0.2, 0.25) is 0 Å². The van der Waals surface area contributed by atoms with Crippen molar-refractivity contribution in [1.29, 1.82) is 0 Å². The lowest BCUT2D eigenvalue weighted by atomic mass is 10.0. The summed E-state index contributed by atoms with van der Waals surface area (Å²) in [5.74, 6) is 0.683. The quantitative estimate of drug-likeness (QED) is 0.913. The molecule has 1 unspecified atom stereocenters. The van der Waals surface area contributed by atoms with E-state index in [1.165, 1.54) is 26.4 Å². The fraction of sp³-hybridized carbons (Fsp3) is 0.250. The van der Waals surface area contributed by atoms with Gasteiger partial charge in [-0.2, -0.15) is 0 Å². The Morgan fingerprint density at radius 2 is 1.76 bits per heavy atom. The third-order valence-corrected chi connectivity index (χ3v) is 3.57. The maximum absolute atomic E-state index is 13.8. The first kappa shape index (κ1) is 15.6. The molecule has 0 aliphatic rings. The SMILES string of the molecule is COc1cc(OC)cc(C(O)Cc2c(F)cccc2Cl)c1. The monoisotopic (exact) mass is 310 g/mol. The molecule has 0 aliphatic carbocycles. The van der Waals surface area contributed by atoms with Gasteiger partial charge in [0.15, 0.2) is 0 Å². The Morgan fingerprint density at radius 1 is 1.14 bits per heavy atom. The number of ether oxygens (including phenoxy) is 2. The van der Waals surface area contributed by atoms with Gasteiger partial charge in [0, 0.05) is 23.1 Å². The lowest BCUT2D eigenvalue weighted by Crippen LogP contribution is -2.05. The van der Waals surface area contributed by atoms with E-state index in [0.717, 1.165) is 0 Å². The molecule has 0 saturated carbocycles. The fourth-order valence-electron chi connectivity index (χ4n) is 2.06. The van der Waals surface area contributed by atoms with Gasteiger partial charge >= 0.3 is 0 Å². The average molecular weight is 311 g/mol. The molecule has 1 N–H and O–H groups in total. The van der Waals surface area contributed by atoms with Crippen LogP contribution in [0.2, 0.25) is 5.02 Å². The molecule has 2 aromatic rings. The summed E-state index contributed by atoms with van der Waals surface area (Å²) in [6, 6.07) is 9.51. The first-order valence-electron chi connectivity index (χ1n) is 6.39. The number of aliphatic hydroxyl groups is 1. The van der Waals surface area contributed by atoms with Crippen molar-refractivity contribution in [3.8, 4) is 11.5 Å². The van der Waals surface area contributed by atoms with Crippen LogP contribution in [-0.2, 0) is 6.42 Å². The minimum atomic E-state index is -0.914. The van der Waals surface area contributed by atoms with Crippen LogP contribution in [-0.4, -0.2) is 19.3 Å². The zero-order chi connectivity index (χ0) is 15.4. The summed E-state index contributed by atoms with van der Waals surface area (Å²) in [5, 5.41) is 10.6. The van der Waals surface area contributed by atoms with Gasteiger partial charge in [-0.15, -0.1) is 0 Å². The molecule has 0 fully saturated rings. The van der Waals surface area contributed by atoms with Gasteiger partial charge in [0.05, 0.1) is 20.3 Å². The van der Waals surface area contributed by atoms with Crippen molar-refractivity contribution in [3.05, 3.63) is 58.4 Å². The van der Waals surface area contributed by atoms with E-state index in [4.69, 9.17) is 21.1 Å². The van der Waals surface area contributed by atoms with Crippen LogP contribution < -0.4 is 9.47 Å². The second kappa shape index (κ2) is 6.78. The lowest BCUT2D eigenvalue weighted by Gasteiger charge is -2.15. The van der Waals surface area contributed by atoms with Gasteiger partial charge in [-0.05, 0) is 29.8 Å². The molecule has 0 spiro atoms. The van der Waals surface area contributed by atoms with Crippen molar-refractivity contribution in [2.24, 2.45) is 0 Å². The number of benzene rings is 2. The number of aliphatic hydroxyl groups excluding tert-OH is 1. The molecule has 5 heteroatoms. The second-order valence-electron chi connectivity index (χ2n) is 4.57. The second-order valence-corrected chi connectivity index (χ2v) is 4.97. The van der Waals surface area contributed by atoms with E-state index in [-0.39, 0.29) is 12.0 Å². The van der Waals surface area contributed by atoms with Crippen LogP contribution in [0.4, 0.5) is 4.39 Å². The Balaban J connectivity index is 2.30. The molecule has 2 aromatic carbocycles. The van der Waals surface area contributed by atoms with E-state index in [9.17, 15) is 9.50 Å². The summed E-state index contributed by atoms with van der Waals surface area (Å²) in [6.45, 7) is 0. The molecule has 0 bridgehead atoms. The topological polar surface area (TPSA) is 38.7 Å². The maximum Gasteiger partial charge on any atom is 0.127 e. The maximum atomic E-state index is 13.8. The largest absolute Gasteiger partial charge is 0.497 e. The van der Waals surface area contributed by atoms with Crippen molar-refractivity contribution in [1.82, 2.24) is 0 Å². The summed E-state index contributed by atoms with van der Waals surface area (Å²) < 4.78 is 24.1. The molecule has 0 aromatic heterocycles. The first-order chi connectivity index (χ1) is 10.0. The van der Waals surface area contributed by atoms with Gasteiger partial charge in [-0.25, -0.2) is 4.39 Å². The number of methoxy groups -OCH3 is 2. The fourth-order valence-corrected chi connectivity index (χ4v) is 2.30. The Hall–Kier alpha value is -1.78. The van der Waals surface area contributed by atoms with E-state index >= 15 is 0 Å². The molecule has 112 valence electrons. The Kier molecular flexibility index (Phi) is 5.04. The number of hydrogen-bond donors (Lipinski definition) is 1. The van der Waals surface area contributed by atoms with Crippen molar-refractivity contribution in [2.45, 2.75) is 12.5 Å². The van der Waals surface area contributed by atoms with Crippen LogP contribution in [0.1, 0.15) is 17.2 Å². The Bertz CT molecular complexity index is 588. The van der Waals surface area contributed by atoms with E-state index < -0.39 is 11.9 Å². The molecule has 0 radical (unpaired) electrons. The first-order valence-corrected chi connectivity index (χ1v) is 6.77. The highest BCUT2D eigenvalue weighted by Gasteiger charge is 2.16. The normalized spacial score (nSPS) is 12.0. The van der Waals surface area contributed by atoms with Gasteiger partial charge in [0.1, 0.15) is 17.3 Å². The summed E-state index contributed by atoms with van der Waals surface area (Å²) >= 11 is 5.98. The van der Waals surface area contributed by atoms with Crippen LogP contribution in [0.15, 0.2) is 36.4 Å². The average Bonchev–Trinajstić information content (AvgIpc) is 2.50. The molecule has 1 atom stereocenters. The molecule has 0 saturated heterocycles. The highest BCUT2D eigenvalue weighted by molar-refractivity contribution is 6.31. The van der Waals surface area contributed by atoms with Crippen molar-refractivity contribution in [2.75, 3.05) is 14.2 Å². The van der Waals surface area contributed by atoms with Crippen molar-refractivity contribution >= 4 is 11.6 Å². The minimum absolute atomic E-state index is 0.0713. The number of hydrogen-bond acceptors (Lipinski definition) is 3. The van der Waals surface area contributed by atoms with Crippen LogP contribution in [0.25, 0.3) is 0 Å². The summed E-state index contributed by atoms with van der Waals surface area (Å²) in [4.78, 5) is 0. The molecular weight excluding hydrogens is 295 g/mol. The zero-order valence-corrected chi connectivity index (χ0v) is 12.5. The van der Waals surface area contributed by atoms with Crippen molar-refractivity contribution < 1.29 is 19.0 Å². The molecule has 0 heterocycles. The molecule has 3 nitrogen and oxygen atoms in total. The van der Waals surface area contributed by atoms with Gasteiger partial charge in [-0.3, -0.25) is 0 Å². The standard InChI is InChI=1S/C16H16ClFO3/c1-20-11-6-10(7-12(8-11)21-2)16(19)9-13-14(17)4-3-5-15(13)18/h3-8,16,19H,9H2,1-2H3. The van der Waals surface area contributed by atoms with Crippen LogP contribution in [0.5, 0.6) is 11.5 Å². The molecular formula is C16H16ClFO3. The summed E-state index contributed by atoms with van der Waals surface area (Å²) in [7, 11) is 3.05. The predicted molar refractivity (Wildman–Crippen MR) is 79.6 cm³/mol. The Morgan fingerprint density at radius 3 is 2.29 bits per heavy atom. The zero-order valence-electron chi connectivity index (χ0n) is 11.8. The Labute approximate surface area is 127 Å². The third kappa shape index (κ3) is 3.65. The smallest absolute Gasteiger partial charge is 0.127 e. The summed E-state index contributed by atoms with van der Waals surface area (Å²) in [5.41, 5.74) is 0.860. The summed E-state index contributed by atoms with van der Waals surface area (Å²) in [6.07, 6.45) is -0.842. The van der Waals surface area contributed by atoms with Crippen LogP contribution >= 0.6 is 11.6 Å². The van der Waals surface area contributed by atoms with Gasteiger partial charge < -0.3 is 14.6 Å². The van der Waals surface area contributed by atoms with Crippen molar-refractivity contribution in [3.63, 3.8) is 0 Å².